The molecule has 20 heavy (non-hydrogen) atoms. The third kappa shape index (κ3) is 3.51. The van der Waals surface area contributed by atoms with Crippen molar-refractivity contribution in [2.45, 2.75) is 20.3 Å². The van der Waals surface area contributed by atoms with E-state index < -0.39 is 0 Å². The molecule has 1 aromatic carbocycles. The van der Waals surface area contributed by atoms with E-state index in [1.54, 1.807) is 18.2 Å². The summed E-state index contributed by atoms with van der Waals surface area (Å²) in [5.74, 6) is -0.150. The van der Waals surface area contributed by atoms with Gasteiger partial charge in [-0.05, 0) is 61.4 Å². The summed E-state index contributed by atoms with van der Waals surface area (Å²) in [6.07, 6.45) is 4.30. The second-order valence-corrected chi connectivity index (χ2v) is 5.74. The van der Waals surface area contributed by atoms with Crippen molar-refractivity contribution >= 4 is 29.0 Å². The van der Waals surface area contributed by atoms with Gasteiger partial charge in [0.05, 0.1) is 4.91 Å². The molecule has 0 saturated carbocycles. The number of hydrogen-bond acceptors (Lipinski definition) is 4. The van der Waals surface area contributed by atoms with Crippen LogP contribution in [0.5, 0.6) is 5.75 Å². The van der Waals surface area contributed by atoms with E-state index in [1.165, 1.54) is 5.57 Å². The molecule has 2 N–H and O–H groups in total. The highest BCUT2D eigenvalue weighted by atomic mass is 32.2. The van der Waals surface area contributed by atoms with Crippen LogP contribution in [-0.2, 0) is 11.2 Å². The predicted molar refractivity (Wildman–Crippen MR) is 80.3 cm³/mol. The Hall–Kier alpha value is -2.01. The quantitative estimate of drug-likeness (QED) is 0.662. The molecule has 1 aromatic rings. The number of carbonyl (C=O) groups excluding carboxylic acids is 2. The van der Waals surface area contributed by atoms with Crippen LogP contribution in [0.15, 0.2) is 34.8 Å². The summed E-state index contributed by atoms with van der Waals surface area (Å²) in [7, 11) is 0. The molecule has 1 aliphatic rings. The number of rotatable bonds is 3. The van der Waals surface area contributed by atoms with Crippen LogP contribution in [0.3, 0.4) is 0 Å². The molecular formula is C15H15NO3S. The van der Waals surface area contributed by atoms with Gasteiger partial charge in [0.2, 0.25) is 0 Å². The Morgan fingerprint density at radius 1 is 1.35 bits per heavy atom. The molecule has 1 fully saturated rings. The van der Waals surface area contributed by atoms with Gasteiger partial charge in [-0.25, -0.2) is 0 Å². The van der Waals surface area contributed by atoms with Crippen molar-refractivity contribution in [3.8, 4) is 5.75 Å². The van der Waals surface area contributed by atoms with Crippen molar-refractivity contribution in [3.63, 3.8) is 0 Å². The Morgan fingerprint density at radius 2 is 2.10 bits per heavy atom. The van der Waals surface area contributed by atoms with E-state index in [0.29, 0.717) is 11.3 Å². The molecule has 1 saturated heterocycles. The van der Waals surface area contributed by atoms with E-state index in [2.05, 4.69) is 5.32 Å². The van der Waals surface area contributed by atoms with Gasteiger partial charge in [0.15, 0.2) is 0 Å². The third-order valence-electron chi connectivity index (χ3n) is 2.77. The fraction of sp³-hybridized carbons (Fsp3) is 0.200. The van der Waals surface area contributed by atoms with Crippen molar-refractivity contribution < 1.29 is 14.7 Å². The Balaban J connectivity index is 2.28. The molecule has 0 aromatic heterocycles. The van der Waals surface area contributed by atoms with Gasteiger partial charge in [-0.3, -0.25) is 14.9 Å². The van der Waals surface area contributed by atoms with Gasteiger partial charge in [0.1, 0.15) is 5.75 Å². The lowest BCUT2D eigenvalue weighted by Gasteiger charge is -2.04. The van der Waals surface area contributed by atoms with Gasteiger partial charge in [-0.15, -0.1) is 0 Å². The molecule has 0 radical (unpaired) electrons. The molecule has 5 heteroatoms. The number of carbonyl (C=O) groups is 2. The second kappa shape index (κ2) is 5.96. The summed E-state index contributed by atoms with van der Waals surface area (Å²) in [4.78, 5) is 22.9. The third-order valence-corrected chi connectivity index (χ3v) is 3.58. The zero-order chi connectivity index (χ0) is 14.7. The largest absolute Gasteiger partial charge is 0.508 e. The Bertz CT molecular complexity index is 628. The van der Waals surface area contributed by atoms with E-state index >= 15 is 0 Å². The maximum atomic E-state index is 11.5. The Kier molecular flexibility index (Phi) is 4.29. The average Bonchev–Trinajstić information content (AvgIpc) is 2.68. The summed E-state index contributed by atoms with van der Waals surface area (Å²) in [6.45, 7) is 3.99. The first-order chi connectivity index (χ1) is 9.45. The normalized spacial score (nSPS) is 16.4. The monoisotopic (exact) mass is 289 g/mol. The average molecular weight is 289 g/mol. The highest BCUT2D eigenvalue weighted by Crippen LogP contribution is 2.27. The molecule has 1 aliphatic heterocycles. The zero-order valence-corrected chi connectivity index (χ0v) is 12.1. The van der Waals surface area contributed by atoms with E-state index in [4.69, 9.17) is 0 Å². The molecule has 0 bridgehead atoms. The maximum absolute atomic E-state index is 11.5. The van der Waals surface area contributed by atoms with E-state index in [0.717, 1.165) is 22.9 Å². The first kappa shape index (κ1) is 14.4. The van der Waals surface area contributed by atoms with Crippen LogP contribution < -0.4 is 5.32 Å². The fourth-order valence-electron chi connectivity index (χ4n) is 1.75. The van der Waals surface area contributed by atoms with E-state index in [1.807, 2.05) is 26.0 Å². The maximum Gasteiger partial charge on any atom is 0.290 e. The van der Waals surface area contributed by atoms with E-state index in [-0.39, 0.29) is 16.9 Å². The summed E-state index contributed by atoms with van der Waals surface area (Å²) >= 11 is 0.884. The Labute approximate surface area is 121 Å². The molecular weight excluding hydrogens is 274 g/mol. The number of allylic oxidation sites excluding steroid dienone is 2. The minimum atomic E-state index is -0.376. The standard InChI is InChI=1S/C15H15NO3S/c1-9(2)3-5-11-7-10(4-6-12(11)17)8-13-14(18)16-15(19)20-13/h3-4,6-8,17H,5H2,1-2H3,(H,16,18,19)/b13-8+. The van der Waals surface area contributed by atoms with Crippen molar-refractivity contribution in [3.05, 3.63) is 45.9 Å². The SMILES string of the molecule is CC(C)=CCc1cc(/C=C2/SC(=O)NC2=O)ccc1O. The van der Waals surface area contributed by atoms with Gasteiger partial charge in [-0.2, -0.15) is 0 Å². The fourth-order valence-corrected chi connectivity index (χ4v) is 2.43. The summed E-state index contributed by atoms with van der Waals surface area (Å²) in [5.41, 5.74) is 2.74. The van der Waals surface area contributed by atoms with Crippen LogP contribution in [0.4, 0.5) is 4.79 Å². The van der Waals surface area contributed by atoms with Crippen molar-refractivity contribution in [1.82, 2.24) is 5.32 Å². The van der Waals surface area contributed by atoms with Crippen LogP contribution in [0.25, 0.3) is 6.08 Å². The topological polar surface area (TPSA) is 66.4 Å². The van der Waals surface area contributed by atoms with E-state index in [9.17, 15) is 14.7 Å². The first-order valence-electron chi connectivity index (χ1n) is 6.16. The number of benzene rings is 1. The number of imide groups is 1. The number of nitrogens with one attached hydrogen (secondary N) is 1. The molecule has 0 aliphatic carbocycles. The Morgan fingerprint density at radius 3 is 2.70 bits per heavy atom. The molecule has 0 unspecified atom stereocenters. The predicted octanol–water partition coefficient (Wildman–Crippen LogP) is 3.22. The molecule has 104 valence electrons. The van der Waals surface area contributed by atoms with Crippen LogP contribution >= 0.6 is 11.8 Å². The molecule has 1 heterocycles. The second-order valence-electron chi connectivity index (χ2n) is 4.73. The summed E-state index contributed by atoms with van der Waals surface area (Å²) < 4.78 is 0. The number of phenols is 1. The smallest absolute Gasteiger partial charge is 0.290 e. The summed E-state index contributed by atoms with van der Waals surface area (Å²) in [5, 5.41) is 11.7. The molecule has 2 amide bonds. The molecule has 0 spiro atoms. The highest BCUT2D eigenvalue weighted by molar-refractivity contribution is 8.18. The van der Waals surface area contributed by atoms with Crippen molar-refractivity contribution in [2.24, 2.45) is 0 Å². The van der Waals surface area contributed by atoms with Gasteiger partial charge >= 0.3 is 0 Å². The number of hydrogen-bond donors (Lipinski definition) is 2. The minimum Gasteiger partial charge on any atom is -0.508 e. The minimum absolute atomic E-state index is 0.226. The van der Waals surface area contributed by atoms with Crippen LogP contribution in [0.1, 0.15) is 25.0 Å². The van der Waals surface area contributed by atoms with Gasteiger partial charge in [0.25, 0.3) is 11.1 Å². The summed E-state index contributed by atoms with van der Waals surface area (Å²) in [6, 6.07) is 5.13. The molecule has 2 rings (SSSR count). The van der Waals surface area contributed by atoms with Crippen LogP contribution in [0.2, 0.25) is 0 Å². The number of phenolic OH excluding ortho intramolecular Hbond substituents is 1. The molecule has 0 atom stereocenters. The zero-order valence-electron chi connectivity index (χ0n) is 11.3. The highest BCUT2D eigenvalue weighted by Gasteiger charge is 2.24. The van der Waals surface area contributed by atoms with Gasteiger partial charge < -0.3 is 5.11 Å². The lowest BCUT2D eigenvalue weighted by molar-refractivity contribution is -0.115. The van der Waals surface area contributed by atoms with Gasteiger partial charge in [0, 0.05) is 0 Å². The van der Waals surface area contributed by atoms with Crippen LogP contribution in [0, 0.1) is 0 Å². The number of aromatic hydroxyl groups is 1. The first-order valence-corrected chi connectivity index (χ1v) is 6.97. The molecule has 4 nitrogen and oxygen atoms in total. The lowest BCUT2D eigenvalue weighted by atomic mass is 10.1. The van der Waals surface area contributed by atoms with Crippen molar-refractivity contribution in [2.75, 3.05) is 0 Å². The number of amides is 2. The van der Waals surface area contributed by atoms with Crippen LogP contribution in [-0.4, -0.2) is 16.3 Å². The lowest BCUT2D eigenvalue weighted by Crippen LogP contribution is -2.17. The van der Waals surface area contributed by atoms with Gasteiger partial charge in [-0.1, -0.05) is 17.7 Å². The number of thioether (sulfide) groups is 1. The van der Waals surface area contributed by atoms with Crippen molar-refractivity contribution in [1.29, 1.82) is 0 Å².